The first-order valence-electron chi connectivity index (χ1n) is 11.5. The number of aromatic nitrogens is 2. The number of carbonyl (C=O) groups is 2. The van der Waals surface area contributed by atoms with E-state index in [-0.39, 0.29) is 18.4 Å². The summed E-state index contributed by atoms with van der Waals surface area (Å²) in [5.41, 5.74) is 2.91. The number of hydrogen-bond donors (Lipinski definition) is 1. The molecule has 0 saturated heterocycles. The molecule has 0 radical (unpaired) electrons. The molecule has 35 heavy (non-hydrogen) atoms. The van der Waals surface area contributed by atoms with Crippen molar-refractivity contribution in [1.82, 2.24) is 20.0 Å². The van der Waals surface area contributed by atoms with E-state index in [9.17, 15) is 9.59 Å². The van der Waals surface area contributed by atoms with Crippen LogP contribution in [0.15, 0.2) is 95.5 Å². The molecule has 0 unspecified atom stereocenters. The van der Waals surface area contributed by atoms with Crippen LogP contribution in [-0.4, -0.2) is 32.0 Å². The van der Waals surface area contributed by atoms with Gasteiger partial charge in [-0.1, -0.05) is 94.8 Å². The SMILES string of the molecule is C[C@]1(C(=O)NCc2ccccc2)Cn2nc(-c3ccccc3)cc2C(=O)N1Cc1ccccc1Br. The summed E-state index contributed by atoms with van der Waals surface area (Å²) in [6, 6.07) is 29.1. The van der Waals surface area contributed by atoms with E-state index in [2.05, 4.69) is 21.2 Å². The maximum absolute atomic E-state index is 13.8. The zero-order valence-electron chi connectivity index (χ0n) is 19.3. The molecule has 1 aliphatic heterocycles. The zero-order chi connectivity index (χ0) is 24.4. The number of nitrogens with one attached hydrogen (secondary N) is 1. The number of fused-ring (bicyclic) bond motifs is 1. The first-order valence-corrected chi connectivity index (χ1v) is 12.3. The molecule has 1 atom stereocenters. The van der Waals surface area contributed by atoms with Gasteiger partial charge in [-0.25, -0.2) is 0 Å². The van der Waals surface area contributed by atoms with E-state index in [0.29, 0.717) is 24.5 Å². The second kappa shape index (κ2) is 9.50. The summed E-state index contributed by atoms with van der Waals surface area (Å²) in [7, 11) is 0. The van der Waals surface area contributed by atoms with Crippen molar-refractivity contribution in [3.63, 3.8) is 0 Å². The van der Waals surface area contributed by atoms with Gasteiger partial charge in [0.1, 0.15) is 11.2 Å². The highest BCUT2D eigenvalue weighted by Gasteiger charge is 2.48. The quantitative estimate of drug-likeness (QED) is 0.381. The maximum Gasteiger partial charge on any atom is 0.273 e. The van der Waals surface area contributed by atoms with E-state index in [1.807, 2.05) is 97.9 Å². The van der Waals surface area contributed by atoms with Crippen LogP contribution in [0.5, 0.6) is 0 Å². The van der Waals surface area contributed by atoms with E-state index in [1.165, 1.54) is 0 Å². The molecule has 176 valence electrons. The van der Waals surface area contributed by atoms with Crippen LogP contribution >= 0.6 is 15.9 Å². The van der Waals surface area contributed by atoms with E-state index >= 15 is 0 Å². The molecule has 4 aromatic rings. The third-order valence-electron chi connectivity index (χ3n) is 6.44. The monoisotopic (exact) mass is 528 g/mol. The standard InChI is InChI=1S/C28H25BrN4O2/c1-28(27(35)30-17-20-10-4-2-5-11-20)19-33-25(16-24(31-33)21-12-6-3-7-13-21)26(34)32(28)18-22-14-8-9-15-23(22)29/h2-16H,17-19H2,1H3,(H,30,35)/t28-/m1/s1. The fourth-order valence-corrected chi connectivity index (χ4v) is 4.82. The van der Waals surface area contributed by atoms with E-state index in [0.717, 1.165) is 21.2 Å². The minimum Gasteiger partial charge on any atom is -0.350 e. The molecule has 0 aliphatic carbocycles. The van der Waals surface area contributed by atoms with Crippen molar-refractivity contribution < 1.29 is 9.59 Å². The second-order valence-electron chi connectivity index (χ2n) is 8.86. The Morgan fingerprint density at radius 1 is 1.00 bits per heavy atom. The molecular weight excluding hydrogens is 504 g/mol. The zero-order valence-corrected chi connectivity index (χ0v) is 20.9. The second-order valence-corrected chi connectivity index (χ2v) is 9.72. The van der Waals surface area contributed by atoms with Crippen molar-refractivity contribution in [3.05, 3.63) is 112 Å². The first kappa shape index (κ1) is 23.1. The smallest absolute Gasteiger partial charge is 0.273 e. The van der Waals surface area contributed by atoms with Gasteiger partial charge in [0.05, 0.1) is 12.2 Å². The van der Waals surface area contributed by atoms with Crippen molar-refractivity contribution in [2.24, 2.45) is 0 Å². The lowest BCUT2D eigenvalue weighted by Gasteiger charge is -2.43. The molecule has 1 aromatic heterocycles. The molecule has 2 amide bonds. The Kier molecular flexibility index (Phi) is 6.26. The molecule has 7 heteroatoms. The summed E-state index contributed by atoms with van der Waals surface area (Å²) in [5, 5.41) is 7.75. The van der Waals surface area contributed by atoms with Gasteiger partial charge in [-0.05, 0) is 30.2 Å². The van der Waals surface area contributed by atoms with Crippen LogP contribution in [0.4, 0.5) is 0 Å². The van der Waals surface area contributed by atoms with Crippen LogP contribution in [0.3, 0.4) is 0 Å². The topological polar surface area (TPSA) is 67.2 Å². The number of hydrogen-bond acceptors (Lipinski definition) is 3. The number of benzene rings is 3. The molecule has 1 N–H and O–H groups in total. The number of carbonyl (C=O) groups excluding carboxylic acids is 2. The fraction of sp³-hybridized carbons (Fsp3) is 0.179. The van der Waals surface area contributed by atoms with Gasteiger partial charge in [0, 0.05) is 23.1 Å². The molecular formula is C28H25BrN4O2. The van der Waals surface area contributed by atoms with Crippen molar-refractivity contribution >= 4 is 27.7 Å². The summed E-state index contributed by atoms with van der Waals surface area (Å²) < 4.78 is 2.56. The van der Waals surface area contributed by atoms with Gasteiger partial charge in [-0.2, -0.15) is 5.10 Å². The van der Waals surface area contributed by atoms with E-state index in [4.69, 9.17) is 5.10 Å². The van der Waals surface area contributed by atoms with Crippen molar-refractivity contribution in [2.45, 2.75) is 32.1 Å². The van der Waals surface area contributed by atoms with Gasteiger partial charge in [0.15, 0.2) is 0 Å². The molecule has 0 spiro atoms. The lowest BCUT2D eigenvalue weighted by atomic mass is 9.94. The van der Waals surface area contributed by atoms with Crippen LogP contribution in [0, 0.1) is 0 Å². The Balaban J connectivity index is 1.51. The average molecular weight is 529 g/mol. The Hall–Kier alpha value is -3.71. The number of rotatable bonds is 6. The highest BCUT2D eigenvalue weighted by atomic mass is 79.9. The third kappa shape index (κ3) is 4.51. The molecule has 5 rings (SSSR count). The first-order chi connectivity index (χ1) is 17.0. The highest BCUT2D eigenvalue weighted by Crippen LogP contribution is 2.32. The summed E-state index contributed by atoms with van der Waals surface area (Å²) >= 11 is 3.59. The molecule has 3 aromatic carbocycles. The van der Waals surface area contributed by atoms with Crippen LogP contribution < -0.4 is 5.32 Å². The fourth-order valence-electron chi connectivity index (χ4n) is 4.41. The Morgan fingerprint density at radius 2 is 1.66 bits per heavy atom. The van der Waals surface area contributed by atoms with Gasteiger partial charge < -0.3 is 10.2 Å². The Morgan fingerprint density at radius 3 is 2.37 bits per heavy atom. The Bertz CT molecular complexity index is 1370. The molecule has 6 nitrogen and oxygen atoms in total. The van der Waals surface area contributed by atoms with Gasteiger partial charge in [-0.15, -0.1) is 0 Å². The summed E-state index contributed by atoms with van der Waals surface area (Å²) in [6.07, 6.45) is 0. The van der Waals surface area contributed by atoms with Crippen LogP contribution in [0.25, 0.3) is 11.3 Å². The normalized spacial score (nSPS) is 17.2. The lowest BCUT2D eigenvalue weighted by molar-refractivity contribution is -0.133. The third-order valence-corrected chi connectivity index (χ3v) is 7.21. The minimum atomic E-state index is -1.13. The predicted octanol–water partition coefficient (Wildman–Crippen LogP) is 5.04. The van der Waals surface area contributed by atoms with Crippen LogP contribution in [0.1, 0.15) is 28.5 Å². The maximum atomic E-state index is 13.8. The Labute approximate surface area is 212 Å². The summed E-state index contributed by atoms with van der Waals surface area (Å²) in [5.74, 6) is -0.441. The van der Waals surface area contributed by atoms with Crippen LogP contribution in [0.2, 0.25) is 0 Å². The largest absolute Gasteiger partial charge is 0.350 e. The van der Waals surface area contributed by atoms with Crippen molar-refractivity contribution in [3.8, 4) is 11.3 Å². The van der Waals surface area contributed by atoms with E-state index < -0.39 is 5.54 Å². The molecule has 2 heterocycles. The summed E-state index contributed by atoms with van der Waals surface area (Å²) in [6.45, 7) is 2.75. The average Bonchev–Trinajstić information content (AvgIpc) is 3.31. The summed E-state index contributed by atoms with van der Waals surface area (Å²) in [4.78, 5) is 29.2. The number of nitrogens with zero attached hydrogens (tertiary/aromatic N) is 3. The molecule has 1 aliphatic rings. The van der Waals surface area contributed by atoms with Crippen LogP contribution in [-0.2, 0) is 24.4 Å². The van der Waals surface area contributed by atoms with Gasteiger partial charge in [-0.3, -0.25) is 14.3 Å². The van der Waals surface area contributed by atoms with Gasteiger partial charge in [0.25, 0.3) is 5.91 Å². The molecule has 0 bridgehead atoms. The molecule has 0 fully saturated rings. The highest BCUT2D eigenvalue weighted by molar-refractivity contribution is 9.10. The molecule has 0 saturated carbocycles. The van der Waals surface area contributed by atoms with E-state index in [1.54, 1.807) is 9.58 Å². The minimum absolute atomic E-state index is 0.218. The lowest BCUT2D eigenvalue weighted by Crippen LogP contribution is -2.63. The van der Waals surface area contributed by atoms with Crippen molar-refractivity contribution in [2.75, 3.05) is 0 Å². The number of halogens is 1. The predicted molar refractivity (Wildman–Crippen MR) is 138 cm³/mol. The van der Waals surface area contributed by atoms with Gasteiger partial charge in [0.2, 0.25) is 5.91 Å². The van der Waals surface area contributed by atoms with Crippen molar-refractivity contribution in [1.29, 1.82) is 0 Å². The number of amides is 2. The van der Waals surface area contributed by atoms with Gasteiger partial charge >= 0.3 is 0 Å².